The minimum atomic E-state index is -3.31. The number of hydrogen-bond acceptors (Lipinski definition) is 31. The Balaban J connectivity index is 2.30. The molecule has 0 unspecified atom stereocenters. The Morgan fingerprint density at radius 1 is 0.571 bits per heavy atom. The van der Waals surface area contributed by atoms with Gasteiger partial charge in [-0.1, -0.05) is 21.6 Å². The lowest BCUT2D eigenvalue weighted by atomic mass is 9.87. The van der Waals surface area contributed by atoms with Crippen LogP contribution in [0.25, 0.3) is 0 Å². The quantitative estimate of drug-likeness (QED) is 0.0618. The van der Waals surface area contributed by atoms with Crippen molar-refractivity contribution in [3.63, 3.8) is 0 Å². The van der Waals surface area contributed by atoms with Crippen LogP contribution in [0.15, 0.2) is 0 Å². The van der Waals surface area contributed by atoms with Gasteiger partial charge in [0.25, 0.3) is 5.79 Å². The van der Waals surface area contributed by atoms with E-state index in [1.807, 2.05) is 0 Å². The number of carbonyl (C=O) groups is 12. The van der Waals surface area contributed by atoms with Crippen LogP contribution in [0, 0.1) is 0 Å². The van der Waals surface area contributed by atoms with Crippen molar-refractivity contribution in [2.75, 3.05) is 26.1 Å². The van der Waals surface area contributed by atoms with E-state index in [9.17, 15) is 67.7 Å². The average Bonchev–Trinajstić information content (AvgIpc) is 3.28. The predicted molar refractivity (Wildman–Crippen MR) is 250 cm³/mol. The van der Waals surface area contributed by atoms with Crippen molar-refractivity contribution in [3.05, 3.63) is 0 Å². The third-order valence-electron chi connectivity index (χ3n) is 10.8. The second-order valence-electron chi connectivity index (χ2n) is 17.4. The molecule has 3 rings (SSSR count). The van der Waals surface area contributed by atoms with Crippen molar-refractivity contribution >= 4 is 93.2 Å². The van der Waals surface area contributed by atoms with Crippen LogP contribution in [0.4, 0.5) is 0 Å². The van der Waals surface area contributed by atoms with Crippen LogP contribution in [0.2, 0.25) is 0 Å². The summed E-state index contributed by atoms with van der Waals surface area (Å²) in [5, 5.41) is 24.4. The maximum atomic E-state index is 13.9. The molecule has 0 aromatic rings. The summed E-state index contributed by atoms with van der Waals surface area (Å²) in [6.07, 6.45) is -24.3. The summed E-state index contributed by atoms with van der Waals surface area (Å²) in [5.41, 5.74) is 0. The molecule has 1 amide bonds. The Bertz CT molecular complexity index is 2210. The Kier molecular flexibility index (Phi) is 24.3. The van der Waals surface area contributed by atoms with Gasteiger partial charge in [-0.3, -0.25) is 52.7 Å². The number of nitrogens with one attached hydrogen (secondary N) is 1. The zero-order valence-electron chi connectivity index (χ0n) is 44.0. The molecule has 30 nitrogen and oxygen atoms in total. The lowest BCUT2D eigenvalue weighted by molar-refractivity contribution is -0.377. The van der Waals surface area contributed by atoms with Crippen molar-refractivity contribution in [1.82, 2.24) is 5.32 Å². The molecule has 0 spiro atoms. The normalized spacial score (nSPS) is 31.4. The van der Waals surface area contributed by atoms with Crippen LogP contribution < -0.4 is 5.32 Å². The number of hydrogen-bond donors (Lipinski definition) is 3. The lowest BCUT2D eigenvalue weighted by Crippen LogP contribution is -2.73. The van der Waals surface area contributed by atoms with Gasteiger partial charge in [-0.2, -0.15) is 0 Å². The largest absolute Gasteiger partial charge is 0.465 e. The highest BCUT2D eigenvalue weighted by molar-refractivity contribution is 8.77. The zero-order valence-corrected chi connectivity index (χ0v) is 45.6. The van der Waals surface area contributed by atoms with Gasteiger partial charge in [-0.25, -0.2) is 4.79 Å². The Morgan fingerprint density at radius 3 is 1.57 bits per heavy atom. The van der Waals surface area contributed by atoms with Crippen molar-refractivity contribution in [1.29, 1.82) is 0 Å². The van der Waals surface area contributed by atoms with E-state index in [-0.39, 0.29) is 0 Å². The monoisotopic (exact) mass is 1150 g/mol. The Morgan fingerprint density at radius 2 is 1.08 bits per heavy atom. The first-order valence-electron chi connectivity index (χ1n) is 23.1. The molecule has 0 aromatic carbocycles. The fraction of sp³-hybridized carbons (Fsp3) is 0.733. The van der Waals surface area contributed by atoms with Crippen LogP contribution >= 0.6 is 21.6 Å². The van der Waals surface area contributed by atoms with Crippen LogP contribution in [-0.4, -0.2) is 210 Å². The molecule has 3 fully saturated rings. The van der Waals surface area contributed by atoms with E-state index in [1.54, 1.807) is 0 Å². The summed E-state index contributed by atoms with van der Waals surface area (Å²) in [6.45, 7) is 9.97. The molecule has 3 aliphatic heterocycles. The van der Waals surface area contributed by atoms with Gasteiger partial charge in [-0.05, 0) is 6.92 Å². The van der Waals surface area contributed by atoms with Crippen molar-refractivity contribution < 1.29 is 139 Å². The van der Waals surface area contributed by atoms with E-state index in [2.05, 4.69) is 5.32 Å². The van der Waals surface area contributed by atoms with Gasteiger partial charge in [0.15, 0.2) is 49.0 Å². The third kappa shape index (κ3) is 18.6. The van der Waals surface area contributed by atoms with Crippen LogP contribution in [-0.2, 0) is 129 Å². The van der Waals surface area contributed by atoms with Crippen molar-refractivity contribution in [3.8, 4) is 0 Å². The smallest absolute Gasteiger partial charge is 0.367 e. The number of aliphatic hydroxyl groups is 2. The first-order chi connectivity index (χ1) is 35.7. The molecule has 0 radical (unpaired) electrons. The van der Waals surface area contributed by atoms with Crippen molar-refractivity contribution in [2.24, 2.45) is 0 Å². The minimum Gasteiger partial charge on any atom is -0.465 e. The van der Waals surface area contributed by atoms with E-state index in [4.69, 9.17) is 71.1 Å². The fourth-order valence-electron chi connectivity index (χ4n) is 8.26. The van der Waals surface area contributed by atoms with E-state index in [0.29, 0.717) is 21.6 Å². The van der Waals surface area contributed by atoms with Crippen LogP contribution in [0.3, 0.4) is 0 Å². The van der Waals surface area contributed by atoms with Crippen molar-refractivity contribution in [2.45, 2.75) is 185 Å². The number of methoxy groups -OCH3 is 1. The van der Waals surface area contributed by atoms with E-state index >= 15 is 0 Å². The highest BCUT2D eigenvalue weighted by Gasteiger charge is 2.65. The summed E-state index contributed by atoms with van der Waals surface area (Å²) < 4.78 is 83.9. The van der Waals surface area contributed by atoms with E-state index < -0.39 is 193 Å². The SMILES string of the molecule is COC(=O)[C@@]1(O)O[C@@H]([C@H](OC(C)=O)[C@@H](COC(C)=O)OC(C)=O)[C@H](NC(C)=O)[C@@H](OC(C)=O)[C@H]1SSC[C@H]1O[C@@H](O[C@H]2[C@H](OC(C)=O)[C@@H](OC(C)=O)[C@](C)(O)O[C@@H]2COC(C)=O)[C@H](OC(C)=O)[C@@H](OC(C)=O)[C@H]1OC(C)=O. The van der Waals surface area contributed by atoms with Gasteiger partial charge in [0.05, 0.1) is 13.2 Å². The molecule has 17 atom stereocenters. The molecular weight excluding hydrogens is 1080 g/mol. The molecule has 0 bridgehead atoms. The highest BCUT2D eigenvalue weighted by Crippen LogP contribution is 2.46. The van der Waals surface area contributed by atoms with Crippen LogP contribution in [0.1, 0.15) is 83.1 Å². The van der Waals surface area contributed by atoms with Gasteiger partial charge in [0.1, 0.15) is 49.0 Å². The number of amides is 1. The number of ether oxygens (including phenoxy) is 15. The van der Waals surface area contributed by atoms with E-state index in [0.717, 1.165) is 90.2 Å². The summed E-state index contributed by atoms with van der Waals surface area (Å²) in [5.74, 6) is -19.0. The van der Waals surface area contributed by atoms with Gasteiger partial charge < -0.3 is 86.6 Å². The summed E-state index contributed by atoms with van der Waals surface area (Å²) in [6, 6.07) is -1.77. The van der Waals surface area contributed by atoms with Gasteiger partial charge >= 0.3 is 65.7 Å². The van der Waals surface area contributed by atoms with Crippen LogP contribution in [0.5, 0.6) is 0 Å². The highest BCUT2D eigenvalue weighted by atomic mass is 33.1. The van der Waals surface area contributed by atoms with E-state index in [1.165, 1.54) is 0 Å². The molecular formula is C45H63NO29S2. The molecule has 3 N–H and O–H groups in total. The molecule has 0 aromatic heterocycles. The molecule has 77 heavy (non-hydrogen) atoms. The molecule has 0 aliphatic carbocycles. The molecule has 3 aliphatic rings. The molecule has 0 saturated carbocycles. The van der Waals surface area contributed by atoms with Gasteiger partial charge in [0.2, 0.25) is 11.7 Å². The second-order valence-corrected chi connectivity index (χ2v) is 19.9. The van der Waals surface area contributed by atoms with Gasteiger partial charge in [0, 0.05) is 81.9 Å². The maximum Gasteiger partial charge on any atom is 0.367 e. The third-order valence-corrected chi connectivity index (χ3v) is 13.6. The molecule has 3 saturated heterocycles. The van der Waals surface area contributed by atoms with Gasteiger partial charge in [-0.15, -0.1) is 0 Å². The number of rotatable bonds is 22. The first-order valence-corrected chi connectivity index (χ1v) is 25.5. The standard InChI is InChI=1S/C45H63NO29S2/c1-17(47)46-31-35(32(65-21(5)51)28(64-20(4)50)14-62-18(2)48)75-45(60,43(58)61-13)41(36(31)67-23(7)53)77-76-16-30-34(66-22(6)52)37(68-24(8)54)39(70-26(10)56)42(72-30)73-33-29(15-63-19(3)49)74-44(12,59)40(71-27(11)57)38(33)69-25(9)55/h28-42,59-60H,14-16H2,1-13H3,(H,46,47)/t28-,29-,30-,31+,32-,33-,34+,35-,36-,37+,38+,39-,40-,41-,42+,44-,45+/m1/s1. The topological polar surface area (TPSA) is 396 Å². The summed E-state index contributed by atoms with van der Waals surface area (Å²) >= 11 is 0. The second kappa shape index (κ2) is 28.6. The Hall–Kier alpha value is -5.90. The molecule has 3 heterocycles. The average molecular weight is 1150 g/mol. The summed E-state index contributed by atoms with van der Waals surface area (Å²) in [7, 11) is 1.94. The summed E-state index contributed by atoms with van der Waals surface area (Å²) in [4.78, 5) is 152. The Labute approximate surface area is 447 Å². The zero-order chi connectivity index (χ0) is 58.4. The predicted octanol–water partition coefficient (Wildman–Crippen LogP) is -1.70. The molecule has 434 valence electrons. The molecule has 32 heteroatoms. The maximum absolute atomic E-state index is 13.9. The minimum absolute atomic E-state index is 0.484. The fourth-order valence-corrected chi connectivity index (χ4v) is 11.3. The lowest BCUT2D eigenvalue weighted by Gasteiger charge is -2.51. The first kappa shape index (κ1) is 65.4. The number of esters is 11. The number of carbonyl (C=O) groups excluding carboxylic acids is 12.